The first-order valence-electron chi connectivity index (χ1n) is 5.77. The second-order valence-electron chi connectivity index (χ2n) is 5.17. The van der Waals surface area contributed by atoms with Crippen molar-refractivity contribution in [3.05, 3.63) is 23.8 Å². The van der Waals surface area contributed by atoms with Crippen molar-refractivity contribution in [1.82, 2.24) is 4.90 Å². The number of hydrogen-bond acceptors (Lipinski definition) is 4. The smallest absolute Gasteiger partial charge is 0.255 e. The van der Waals surface area contributed by atoms with Gasteiger partial charge in [-0.15, -0.1) is 0 Å². The van der Waals surface area contributed by atoms with Gasteiger partial charge in [-0.05, 0) is 32.0 Å². The number of nitrogens with two attached hydrogens (primary N) is 1. The SMILES string of the molecule is CN(C)C(=O)c1ccc(N)cc1NC(C)(C)CO. The van der Waals surface area contributed by atoms with E-state index < -0.39 is 5.54 Å². The molecule has 4 N–H and O–H groups in total. The van der Waals surface area contributed by atoms with Gasteiger partial charge in [-0.25, -0.2) is 0 Å². The van der Waals surface area contributed by atoms with Crippen molar-refractivity contribution in [2.75, 3.05) is 31.8 Å². The third kappa shape index (κ3) is 3.37. The molecule has 0 unspecified atom stereocenters. The Hall–Kier alpha value is -1.75. The lowest BCUT2D eigenvalue weighted by Gasteiger charge is -2.27. The molecule has 18 heavy (non-hydrogen) atoms. The van der Waals surface area contributed by atoms with Gasteiger partial charge in [0.15, 0.2) is 0 Å². The third-order valence-corrected chi connectivity index (χ3v) is 2.55. The standard InChI is InChI=1S/C13H21N3O2/c1-13(2,8-17)15-11-7-9(14)5-6-10(11)12(18)16(3)4/h5-7,15,17H,8,14H2,1-4H3. The molecule has 5 heteroatoms. The van der Waals surface area contributed by atoms with Crippen LogP contribution in [0.3, 0.4) is 0 Å². The Morgan fingerprint density at radius 3 is 2.56 bits per heavy atom. The molecule has 0 aromatic heterocycles. The van der Waals surface area contributed by atoms with Crippen molar-refractivity contribution in [1.29, 1.82) is 0 Å². The normalized spacial score (nSPS) is 11.2. The number of aliphatic hydroxyl groups excluding tert-OH is 1. The summed E-state index contributed by atoms with van der Waals surface area (Å²) in [7, 11) is 3.39. The fourth-order valence-corrected chi connectivity index (χ4v) is 1.50. The van der Waals surface area contributed by atoms with E-state index in [0.29, 0.717) is 16.9 Å². The van der Waals surface area contributed by atoms with Gasteiger partial charge in [0, 0.05) is 25.5 Å². The summed E-state index contributed by atoms with van der Waals surface area (Å²) in [4.78, 5) is 13.5. The van der Waals surface area contributed by atoms with Crippen LogP contribution in [-0.2, 0) is 0 Å². The fraction of sp³-hybridized carbons (Fsp3) is 0.462. The van der Waals surface area contributed by atoms with Crippen molar-refractivity contribution in [2.24, 2.45) is 0 Å². The van der Waals surface area contributed by atoms with Crippen LogP contribution in [0.4, 0.5) is 11.4 Å². The summed E-state index contributed by atoms with van der Waals surface area (Å²) in [6.07, 6.45) is 0. The number of nitrogens with zero attached hydrogens (tertiary/aromatic N) is 1. The molecule has 0 bridgehead atoms. The number of rotatable bonds is 4. The molecule has 0 aliphatic heterocycles. The number of amides is 1. The van der Waals surface area contributed by atoms with Crippen LogP contribution in [-0.4, -0.2) is 42.2 Å². The number of nitrogen functional groups attached to an aromatic ring is 1. The van der Waals surface area contributed by atoms with Gasteiger partial charge in [-0.2, -0.15) is 0 Å². The van der Waals surface area contributed by atoms with Crippen LogP contribution < -0.4 is 11.1 Å². The minimum atomic E-state index is -0.519. The largest absolute Gasteiger partial charge is 0.399 e. The van der Waals surface area contributed by atoms with E-state index in [0.717, 1.165) is 0 Å². The van der Waals surface area contributed by atoms with Crippen LogP contribution >= 0.6 is 0 Å². The van der Waals surface area contributed by atoms with Gasteiger partial charge < -0.3 is 21.1 Å². The van der Waals surface area contributed by atoms with E-state index in [9.17, 15) is 9.90 Å². The van der Waals surface area contributed by atoms with E-state index in [1.54, 1.807) is 32.3 Å². The van der Waals surface area contributed by atoms with E-state index >= 15 is 0 Å². The van der Waals surface area contributed by atoms with E-state index in [1.807, 2.05) is 13.8 Å². The second kappa shape index (κ2) is 5.27. The highest BCUT2D eigenvalue weighted by molar-refractivity contribution is 6.00. The third-order valence-electron chi connectivity index (χ3n) is 2.55. The van der Waals surface area contributed by atoms with E-state index in [2.05, 4.69) is 5.32 Å². The lowest BCUT2D eigenvalue weighted by Crippen LogP contribution is -2.36. The number of anilines is 2. The van der Waals surface area contributed by atoms with Gasteiger partial charge in [-0.3, -0.25) is 4.79 Å². The monoisotopic (exact) mass is 251 g/mol. The van der Waals surface area contributed by atoms with E-state index in [-0.39, 0.29) is 12.5 Å². The lowest BCUT2D eigenvalue weighted by molar-refractivity contribution is 0.0828. The average Bonchev–Trinajstić information content (AvgIpc) is 2.28. The quantitative estimate of drug-likeness (QED) is 0.701. The maximum atomic E-state index is 12.0. The fourth-order valence-electron chi connectivity index (χ4n) is 1.50. The van der Waals surface area contributed by atoms with Crippen molar-refractivity contribution < 1.29 is 9.90 Å². The molecule has 1 rings (SSSR count). The Balaban J connectivity index is 3.16. The number of hydrogen-bond donors (Lipinski definition) is 3. The molecule has 0 radical (unpaired) electrons. The summed E-state index contributed by atoms with van der Waals surface area (Å²) in [6, 6.07) is 5.08. The molecule has 5 nitrogen and oxygen atoms in total. The molecule has 0 heterocycles. The van der Waals surface area contributed by atoms with Crippen molar-refractivity contribution in [2.45, 2.75) is 19.4 Å². The van der Waals surface area contributed by atoms with Crippen LogP contribution in [0, 0.1) is 0 Å². The van der Waals surface area contributed by atoms with Crippen LogP contribution in [0.1, 0.15) is 24.2 Å². The first-order valence-corrected chi connectivity index (χ1v) is 5.77. The zero-order valence-corrected chi connectivity index (χ0v) is 11.3. The molecule has 0 atom stereocenters. The first kappa shape index (κ1) is 14.3. The Kier molecular flexibility index (Phi) is 4.19. The Morgan fingerprint density at radius 2 is 2.06 bits per heavy atom. The van der Waals surface area contributed by atoms with Crippen LogP contribution in [0.5, 0.6) is 0 Å². The minimum absolute atomic E-state index is 0.0443. The summed E-state index contributed by atoms with van der Waals surface area (Å²) >= 11 is 0. The van der Waals surface area contributed by atoms with Gasteiger partial charge in [0.25, 0.3) is 5.91 Å². The zero-order chi connectivity index (χ0) is 13.9. The summed E-state index contributed by atoms with van der Waals surface area (Å²) < 4.78 is 0. The van der Waals surface area contributed by atoms with E-state index in [1.165, 1.54) is 4.90 Å². The highest BCUT2D eigenvalue weighted by Crippen LogP contribution is 2.23. The van der Waals surface area contributed by atoms with Gasteiger partial charge in [0.2, 0.25) is 0 Å². The van der Waals surface area contributed by atoms with Crippen LogP contribution in [0.25, 0.3) is 0 Å². The molecule has 0 aliphatic carbocycles. The number of carbonyl (C=O) groups is 1. The van der Waals surface area contributed by atoms with Crippen LogP contribution in [0.2, 0.25) is 0 Å². The Morgan fingerprint density at radius 1 is 1.44 bits per heavy atom. The van der Waals surface area contributed by atoms with Gasteiger partial charge in [0.1, 0.15) is 0 Å². The number of nitrogens with one attached hydrogen (secondary N) is 1. The molecule has 100 valence electrons. The van der Waals surface area contributed by atoms with Gasteiger partial charge in [0.05, 0.1) is 17.7 Å². The summed E-state index contributed by atoms with van der Waals surface area (Å²) in [5.74, 6) is -0.105. The molecule has 0 saturated carbocycles. The maximum Gasteiger partial charge on any atom is 0.255 e. The van der Waals surface area contributed by atoms with Crippen molar-refractivity contribution >= 4 is 17.3 Å². The molecule has 0 aliphatic rings. The molecular weight excluding hydrogens is 230 g/mol. The number of aliphatic hydroxyl groups is 1. The molecule has 1 amide bonds. The highest BCUT2D eigenvalue weighted by atomic mass is 16.3. The molecule has 0 saturated heterocycles. The van der Waals surface area contributed by atoms with Crippen molar-refractivity contribution in [3.8, 4) is 0 Å². The molecule has 0 fully saturated rings. The zero-order valence-electron chi connectivity index (χ0n) is 11.3. The Labute approximate surface area is 108 Å². The van der Waals surface area contributed by atoms with Gasteiger partial charge >= 0.3 is 0 Å². The van der Waals surface area contributed by atoms with Gasteiger partial charge in [-0.1, -0.05) is 0 Å². The van der Waals surface area contributed by atoms with E-state index in [4.69, 9.17) is 5.73 Å². The predicted molar refractivity (Wildman–Crippen MR) is 73.7 cm³/mol. The summed E-state index contributed by atoms with van der Waals surface area (Å²) in [5.41, 5.74) is 6.96. The molecular formula is C13H21N3O2. The minimum Gasteiger partial charge on any atom is -0.399 e. The number of benzene rings is 1. The second-order valence-corrected chi connectivity index (χ2v) is 5.17. The summed E-state index contributed by atoms with van der Waals surface area (Å²) in [6.45, 7) is 3.65. The topological polar surface area (TPSA) is 78.6 Å². The molecule has 1 aromatic rings. The first-order chi connectivity index (χ1) is 8.26. The Bertz CT molecular complexity index is 442. The highest BCUT2D eigenvalue weighted by Gasteiger charge is 2.20. The molecule has 1 aromatic carbocycles. The average molecular weight is 251 g/mol. The predicted octanol–water partition coefficient (Wildman–Crippen LogP) is 1.15. The summed E-state index contributed by atoms with van der Waals surface area (Å²) in [5, 5.41) is 12.4. The number of carbonyl (C=O) groups excluding carboxylic acids is 1. The van der Waals surface area contributed by atoms with Crippen molar-refractivity contribution in [3.63, 3.8) is 0 Å². The van der Waals surface area contributed by atoms with Crippen LogP contribution in [0.15, 0.2) is 18.2 Å². The maximum absolute atomic E-state index is 12.0. The lowest BCUT2D eigenvalue weighted by atomic mass is 10.0. The molecule has 0 spiro atoms.